The lowest BCUT2D eigenvalue weighted by molar-refractivity contribution is 0.0529. The Bertz CT molecular complexity index is 1600. The van der Waals surface area contributed by atoms with Crippen molar-refractivity contribution >= 4 is 34.6 Å². The lowest BCUT2D eigenvalue weighted by atomic mass is 10.1. The van der Waals surface area contributed by atoms with Gasteiger partial charge in [-0.3, -0.25) is 19.6 Å². The Kier molecular flexibility index (Phi) is 5.92. The van der Waals surface area contributed by atoms with E-state index in [0.29, 0.717) is 61.8 Å². The van der Waals surface area contributed by atoms with E-state index >= 15 is 0 Å². The van der Waals surface area contributed by atoms with Crippen LogP contribution in [0, 0.1) is 0 Å². The van der Waals surface area contributed by atoms with Gasteiger partial charge >= 0.3 is 0 Å². The minimum Gasteiger partial charge on any atom is -0.334 e. The second kappa shape index (κ2) is 9.88. The van der Waals surface area contributed by atoms with Crippen molar-refractivity contribution in [2.24, 2.45) is 9.98 Å². The maximum atomic E-state index is 13.3. The molecule has 7 rings (SSSR count). The van der Waals surface area contributed by atoms with Crippen molar-refractivity contribution in [2.75, 3.05) is 26.2 Å². The van der Waals surface area contributed by atoms with Crippen LogP contribution in [0.2, 0.25) is 0 Å². The molecule has 40 heavy (non-hydrogen) atoms. The van der Waals surface area contributed by atoms with Gasteiger partial charge in [0.1, 0.15) is 11.4 Å². The standard InChI is InChI=1S/C30H24N8O2/c39-29(23-7-1-5-21(33-23)27-17-25-19(35-27)9-3-11-31-25)37-13-15-38(16-14-37)30(40)24-8-2-6-22(34-24)28-18-26-20(36-28)10-4-12-32-26/h1-12H,13-18H2. The van der Waals surface area contributed by atoms with Gasteiger partial charge in [0, 0.05) is 51.4 Å². The van der Waals surface area contributed by atoms with Gasteiger partial charge in [-0.2, -0.15) is 0 Å². The van der Waals surface area contributed by atoms with Crippen molar-refractivity contribution in [3.8, 4) is 0 Å². The monoisotopic (exact) mass is 528 g/mol. The average molecular weight is 529 g/mol. The molecule has 2 amide bonds. The summed E-state index contributed by atoms with van der Waals surface area (Å²) in [5, 5.41) is 0. The van der Waals surface area contributed by atoms with E-state index in [-0.39, 0.29) is 11.8 Å². The fourth-order valence-corrected chi connectivity index (χ4v) is 5.18. The van der Waals surface area contributed by atoms with Gasteiger partial charge in [0.05, 0.1) is 45.6 Å². The molecule has 10 heteroatoms. The Balaban J connectivity index is 1.00. The zero-order chi connectivity index (χ0) is 27.1. The highest BCUT2D eigenvalue weighted by atomic mass is 16.2. The van der Waals surface area contributed by atoms with Crippen molar-refractivity contribution in [2.45, 2.75) is 12.8 Å². The van der Waals surface area contributed by atoms with E-state index in [2.05, 4.69) is 29.9 Å². The van der Waals surface area contributed by atoms with Gasteiger partial charge in [0.15, 0.2) is 0 Å². The van der Waals surface area contributed by atoms with E-state index in [0.717, 1.165) is 34.2 Å². The van der Waals surface area contributed by atoms with Crippen LogP contribution in [0.5, 0.6) is 0 Å². The number of fused-ring (bicyclic) bond motifs is 2. The molecule has 196 valence electrons. The fourth-order valence-electron chi connectivity index (χ4n) is 5.18. The van der Waals surface area contributed by atoms with E-state index in [1.54, 1.807) is 34.3 Å². The molecular formula is C30H24N8O2. The summed E-state index contributed by atoms with van der Waals surface area (Å²) in [5.74, 6) is -0.313. The minimum atomic E-state index is -0.157. The molecule has 4 aromatic rings. The lowest BCUT2D eigenvalue weighted by Crippen LogP contribution is -2.51. The minimum absolute atomic E-state index is 0.157. The van der Waals surface area contributed by atoms with Crippen LogP contribution in [0.25, 0.3) is 0 Å². The van der Waals surface area contributed by atoms with Gasteiger partial charge in [-0.1, -0.05) is 12.1 Å². The van der Waals surface area contributed by atoms with E-state index in [9.17, 15) is 9.59 Å². The zero-order valence-corrected chi connectivity index (χ0v) is 21.6. The second-order valence-corrected chi connectivity index (χ2v) is 9.81. The Labute approximate surface area is 230 Å². The molecule has 0 aliphatic carbocycles. The first-order chi connectivity index (χ1) is 19.6. The number of hydrogen-bond donors (Lipinski definition) is 0. The van der Waals surface area contributed by atoms with Crippen LogP contribution in [0.1, 0.15) is 43.8 Å². The van der Waals surface area contributed by atoms with Crippen molar-refractivity contribution in [1.82, 2.24) is 29.7 Å². The number of hydrogen-bond acceptors (Lipinski definition) is 8. The van der Waals surface area contributed by atoms with E-state index in [4.69, 9.17) is 0 Å². The van der Waals surface area contributed by atoms with Crippen LogP contribution in [0.15, 0.2) is 83.0 Å². The summed E-state index contributed by atoms with van der Waals surface area (Å²) in [5.41, 5.74) is 7.20. The first-order valence-electron chi connectivity index (χ1n) is 13.2. The second-order valence-electron chi connectivity index (χ2n) is 9.81. The number of piperazine rings is 1. The number of aliphatic imine (C=N–C) groups is 2. The highest BCUT2D eigenvalue weighted by Crippen LogP contribution is 2.27. The van der Waals surface area contributed by atoms with Gasteiger partial charge in [-0.05, 0) is 48.5 Å². The van der Waals surface area contributed by atoms with E-state index < -0.39 is 0 Å². The molecule has 3 aliphatic rings. The molecular weight excluding hydrogens is 504 g/mol. The molecule has 10 nitrogen and oxygen atoms in total. The first kappa shape index (κ1) is 24.0. The average Bonchev–Trinajstić information content (AvgIpc) is 3.65. The number of amides is 2. The van der Waals surface area contributed by atoms with Crippen molar-refractivity contribution < 1.29 is 9.59 Å². The summed E-state index contributed by atoms with van der Waals surface area (Å²) in [6, 6.07) is 18.4. The van der Waals surface area contributed by atoms with Crippen LogP contribution >= 0.6 is 0 Å². The first-order valence-corrected chi connectivity index (χ1v) is 13.2. The number of rotatable bonds is 4. The predicted molar refractivity (Wildman–Crippen MR) is 149 cm³/mol. The molecule has 0 saturated carbocycles. The maximum absolute atomic E-state index is 13.3. The molecule has 0 bridgehead atoms. The normalized spacial score (nSPS) is 15.8. The van der Waals surface area contributed by atoms with Crippen LogP contribution in [0.4, 0.5) is 11.4 Å². The van der Waals surface area contributed by atoms with Crippen LogP contribution < -0.4 is 0 Å². The lowest BCUT2D eigenvalue weighted by Gasteiger charge is -2.34. The molecule has 3 aliphatic heterocycles. The number of pyridine rings is 4. The molecule has 0 spiro atoms. The predicted octanol–water partition coefficient (Wildman–Crippen LogP) is 3.22. The van der Waals surface area contributed by atoms with Crippen LogP contribution in [0.3, 0.4) is 0 Å². The molecule has 0 unspecified atom stereocenters. The number of nitrogens with zero attached hydrogens (tertiary/aromatic N) is 8. The molecule has 0 aromatic carbocycles. The summed E-state index contributed by atoms with van der Waals surface area (Å²) in [4.78, 5) is 57.4. The van der Waals surface area contributed by atoms with Gasteiger partial charge in [0.25, 0.3) is 11.8 Å². The fraction of sp³-hybridized carbons (Fsp3) is 0.200. The topological polar surface area (TPSA) is 117 Å². The van der Waals surface area contributed by atoms with E-state index in [1.165, 1.54) is 0 Å². The van der Waals surface area contributed by atoms with Crippen molar-refractivity contribution in [3.05, 3.63) is 107 Å². The van der Waals surface area contributed by atoms with Gasteiger partial charge in [0.2, 0.25) is 0 Å². The van der Waals surface area contributed by atoms with Gasteiger partial charge in [-0.25, -0.2) is 20.0 Å². The maximum Gasteiger partial charge on any atom is 0.272 e. The third-order valence-corrected chi connectivity index (χ3v) is 7.29. The number of aromatic nitrogens is 4. The van der Waals surface area contributed by atoms with Gasteiger partial charge < -0.3 is 9.80 Å². The highest BCUT2D eigenvalue weighted by Gasteiger charge is 2.28. The third-order valence-electron chi connectivity index (χ3n) is 7.29. The summed E-state index contributed by atoms with van der Waals surface area (Å²) in [7, 11) is 0. The largest absolute Gasteiger partial charge is 0.334 e. The molecule has 1 fully saturated rings. The summed E-state index contributed by atoms with van der Waals surface area (Å²) >= 11 is 0. The Morgan fingerprint density at radius 3 is 1.45 bits per heavy atom. The zero-order valence-electron chi connectivity index (χ0n) is 21.6. The van der Waals surface area contributed by atoms with Crippen LogP contribution in [-0.2, 0) is 12.8 Å². The van der Waals surface area contributed by atoms with Crippen molar-refractivity contribution in [3.63, 3.8) is 0 Å². The summed E-state index contributed by atoms with van der Waals surface area (Å²) in [6.45, 7) is 1.67. The van der Waals surface area contributed by atoms with Gasteiger partial charge in [-0.15, -0.1) is 0 Å². The molecule has 1 saturated heterocycles. The Hall–Kier alpha value is -5.12. The molecule has 7 heterocycles. The van der Waals surface area contributed by atoms with E-state index in [1.807, 2.05) is 48.5 Å². The summed E-state index contributed by atoms with van der Waals surface area (Å²) < 4.78 is 0. The molecule has 4 aromatic heterocycles. The quantitative estimate of drug-likeness (QED) is 0.402. The van der Waals surface area contributed by atoms with Crippen LogP contribution in [-0.4, -0.2) is 79.2 Å². The Morgan fingerprint density at radius 1 is 0.575 bits per heavy atom. The molecule has 0 atom stereocenters. The summed E-state index contributed by atoms with van der Waals surface area (Å²) in [6.07, 6.45) is 4.69. The molecule has 0 N–H and O–H groups in total. The smallest absolute Gasteiger partial charge is 0.272 e. The Morgan fingerprint density at radius 2 is 1.02 bits per heavy atom. The van der Waals surface area contributed by atoms with Crippen molar-refractivity contribution in [1.29, 1.82) is 0 Å². The third kappa shape index (κ3) is 4.43. The number of carbonyl (C=O) groups is 2. The molecule has 0 radical (unpaired) electrons. The SMILES string of the molecule is O=C(c1cccc(C2=Nc3cccnc3C2)n1)N1CCN(C(=O)c2cccc(C3=Nc4cccnc4C3)n2)CC1. The highest BCUT2D eigenvalue weighted by molar-refractivity contribution is 6.06. The number of carbonyl (C=O) groups excluding carboxylic acids is 2.